The van der Waals surface area contributed by atoms with E-state index in [0.717, 1.165) is 5.56 Å². The van der Waals surface area contributed by atoms with Crippen LogP contribution in [0.25, 0.3) is 0 Å². The van der Waals surface area contributed by atoms with Crippen LogP contribution >= 0.6 is 15.9 Å². The summed E-state index contributed by atoms with van der Waals surface area (Å²) >= 11 is 3.35. The van der Waals surface area contributed by atoms with Gasteiger partial charge in [-0.1, -0.05) is 30.3 Å². The molecular formula is C17H15BrO4. The summed E-state index contributed by atoms with van der Waals surface area (Å²) < 4.78 is 11.0. The van der Waals surface area contributed by atoms with Crippen LogP contribution in [-0.2, 0) is 16.1 Å². The van der Waals surface area contributed by atoms with E-state index in [1.165, 1.54) is 0 Å². The average molecular weight is 363 g/mol. The summed E-state index contributed by atoms with van der Waals surface area (Å²) in [6, 6.07) is 14.5. The Kier molecular flexibility index (Phi) is 5.72. The molecule has 0 fully saturated rings. The Balaban J connectivity index is 2.06. The molecule has 0 saturated carbocycles. The van der Waals surface area contributed by atoms with Crippen molar-refractivity contribution in [3.63, 3.8) is 0 Å². The van der Waals surface area contributed by atoms with E-state index < -0.39 is 11.8 Å². The van der Waals surface area contributed by atoms with Crippen LogP contribution < -0.4 is 4.74 Å². The number of ketones is 1. The highest BCUT2D eigenvalue weighted by molar-refractivity contribution is 9.10. The van der Waals surface area contributed by atoms with Crippen LogP contribution in [0.1, 0.15) is 22.8 Å². The predicted octanol–water partition coefficient (Wildman–Crippen LogP) is 3.77. The van der Waals surface area contributed by atoms with Crippen molar-refractivity contribution >= 4 is 27.7 Å². The lowest BCUT2D eigenvalue weighted by atomic mass is 10.1. The molecular weight excluding hydrogens is 348 g/mol. The predicted molar refractivity (Wildman–Crippen MR) is 85.9 cm³/mol. The Morgan fingerprint density at radius 2 is 1.82 bits per heavy atom. The molecule has 2 aromatic carbocycles. The van der Waals surface area contributed by atoms with E-state index in [0.29, 0.717) is 16.8 Å². The first kappa shape index (κ1) is 16.2. The van der Waals surface area contributed by atoms with Gasteiger partial charge in [-0.3, -0.25) is 4.79 Å². The molecule has 0 spiro atoms. The zero-order valence-electron chi connectivity index (χ0n) is 12.0. The third kappa shape index (κ3) is 4.18. The smallest absolute Gasteiger partial charge is 0.379 e. The first-order chi connectivity index (χ1) is 10.6. The van der Waals surface area contributed by atoms with Gasteiger partial charge in [-0.15, -0.1) is 0 Å². The fourth-order valence-electron chi connectivity index (χ4n) is 1.81. The number of hydrogen-bond acceptors (Lipinski definition) is 4. The minimum absolute atomic E-state index is 0.171. The Morgan fingerprint density at radius 3 is 2.45 bits per heavy atom. The number of rotatable bonds is 6. The number of halogens is 1. The van der Waals surface area contributed by atoms with Gasteiger partial charge in [0.1, 0.15) is 12.4 Å². The van der Waals surface area contributed by atoms with Crippen LogP contribution in [0.4, 0.5) is 0 Å². The normalized spacial score (nSPS) is 10.1. The number of Topliss-reactive ketones (excluding diaryl/α,β-unsaturated/α-hetero) is 1. The third-order valence-electron chi connectivity index (χ3n) is 2.89. The maximum atomic E-state index is 11.8. The van der Waals surface area contributed by atoms with Crippen molar-refractivity contribution in [2.24, 2.45) is 0 Å². The van der Waals surface area contributed by atoms with Gasteiger partial charge in [0.15, 0.2) is 0 Å². The largest absolute Gasteiger partial charge is 0.488 e. The molecule has 0 radical (unpaired) electrons. The molecule has 0 unspecified atom stereocenters. The van der Waals surface area contributed by atoms with Crippen molar-refractivity contribution in [1.82, 2.24) is 0 Å². The highest BCUT2D eigenvalue weighted by atomic mass is 79.9. The maximum absolute atomic E-state index is 11.8. The van der Waals surface area contributed by atoms with Gasteiger partial charge in [-0.2, -0.15) is 0 Å². The molecule has 0 bridgehead atoms. The molecule has 0 amide bonds. The van der Waals surface area contributed by atoms with E-state index in [2.05, 4.69) is 15.9 Å². The van der Waals surface area contributed by atoms with E-state index in [9.17, 15) is 9.59 Å². The minimum Gasteiger partial charge on any atom is -0.488 e. The van der Waals surface area contributed by atoms with E-state index in [1.807, 2.05) is 30.3 Å². The number of ether oxygens (including phenoxy) is 2. The monoisotopic (exact) mass is 362 g/mol. The fraction of sp³-hybridized carbons (Fsp3) is 0.176. The maximum Gasteiger partial charge on any atom is 0.379 e. The number of esters is 1. The first-order valence-electron chi connectivity index (χ1n) is 6.79. The van der Waals surface area contributed by atoms with Gasteiger partial charge in [0, 0.05) is 5.56 Å². The first-order valence-corrected chi connectivity index (χ1v) is 7.59. The number of hydrogen-bond donors (Lipinski definition) is 0. The summed E-state index contributed by atoms with van der Waals surface area (Å²) in [6.07, 6.45) is 0. The summed E-state index contributed by atoms with van der Waals surface area (Å²) in [5.74, 6) is -0.922. The van der Waals surface area contributed by atoms with E-state index in [4.69, 9.17) is 9.47 Å². The second-order valence-corrected chi connectivity index (χ2v) is 5.32. The highest BCUT2D eigenvalue weighted by Crippen LogP contribution is 2.27. The quantitative estimate of drug-likeness (QED) is 0.445. The second kappa shape index (κ2) is 7.75. The molecule has 0 aromatic heterocycles. The lowest BCUT2D eigenvalue weighted by Crippen LogP contribution is -2.17. The van der Waals surface area contributed by atoms with Gasteiger partial charge in [0.2, 0.25) is 0 Å². The summed E-state index contributed by atoms with van der Waals surface area (Å²) in [7, 11) is 0. The van der Waals surface area contributed by atoms with Crippen molar-refractivity contribution in [3.05, 3.63) is 64.1 Å². The van der Waals surface area contributed by atoms with Crippen LogP contribution in [0.2, 0.25) is 0 Å². The van der Waals surface area contributed by atoms with E-state index in [-0.39, 0.29) is 12.2 Å². The summed E-state index contributed by atoms with van der Waals surface area (Å²) in [5.41, 5.74) is 1.30. The fourth-order valence-corrected chi connectivity index (χ4v) is 2.30. The molecule has 4 nitrogen and oxygen atoms in total. The molecule has 0 heterocycles. The van der Waals surface area contributed by atoms with Crippen molar-refractivity contribution in [2.75, 3.05) is 6.61 Å². The Morgan fingerprint density at radius 1 is 1.09 bits per heavy atom. The Hall–Kier alpha value is -2.14. The molecule has 0 aliphatic carbocycles. The van der Waals surface area contributed by atoms with Crippen LogP contribution in [0, 0.1) is 0 Å². The summed E-state index contributed by atoms with van der Waals surface area (Å²) in [6.45, 7) is 2.25. The Bertz CT molecular complexity index is 668. The van der Waals surface area contributed by atoms with Crippen LogP contribution in [0.5, 0.6) is 5.75 Å². The SMILES string of the molecule is CCOC(=O)C(=O)c1ccc(OCc2ccccc2)c(Br)c1. The van der Waals surface area contributed by atoms with Gasteiger partial charge in [-0.05, 0) is 46.6 Å². The number of benzene rings is 2. The molecule has 0 N–H and O–H groups in total. The lowest BCUT2D eigenvalue weighted by molar-refractivity contribution is -0.137. The van der Waals surface area contributed by atoms with Gasteiger partial charge in [0.25, 0.3) is 5.78 Å². The lowest BCUT2D eigenvalue weighted by Gasteiger charge is -2.09. The average Bonchev–Trinajstić information content (AvgIpc) is 2.54. The molecule has 114 valence electrons. The van der Waals surface area contributed by atoms with Crippen LogP contribution in [-0.4, -0.2) is 18.4 Å². The minimum atomic E-state index is -0.854. The number of carbonyl (C=O) groups excluding carboxylic acids is 2. The van der Waals surface area contributed by atoms with Crippen LogP contribution in [0.3, 0.4) is 0 Å². The molecule has 0 saturated heterocycles. The van der Waals surface area contributed by atoms with Crippen molar-refractivity contribution in [2.45, 2.75) is 13.5 Å². The van der Waals surface area contributed by atoms with Crippen LogP contribution in [0.15, 0.2) is 53.0 Å². The van der Waals surface area contributed by atoms with Gasteiger partial charge >= 0.3 is 5.97 Å². The van der Waals surface area contributed by atoms with Crippen molar-refractivity contribution in [1.29, 1.82) is 0 Å². The van der Waals surface area contributed by atoms with E-state index >= 15 is 0 Å². The number of carbonyl (C=O) groups is 2. The van der Waals surface area contributed by atoms with Gasteiger partial charge in [0.05, 0.1) is 11.1 Å². The Labute approximate surface area is 137 Å². The zero-order valence-corrected chi connectivity index (χ0v) is 13.6. The molecule has 0 aliphatic heterocycles. The molecule has 2 rings (SSSR count). The molecule has 2 aromatic rings. The van der Waals surface area contributed by atoms with Gasteiger partial charge < -0.3 is 9.47 Å². The zero-order chi connectivity index (χ0) is 15.9. The third-order valence-corrected chi connectivity index (χ3v) is 3.51. The molecule has 22 heavy (non-hydrogen) atoms. The van der Waals surface area contributed by atoms with E-state index in [1.54, 1.807) is 25.1 Å². The molecule has 0 aliphatic rings. The summed E-state index contributed by atoms with van der Waals surface area (Å²) in [4.78, 5) is 23.3. The highest BCUT2D eigenvalue weighted by Gasteiger charge is 2.18. The molecule has 5 heteroatoms. The van der Waals surface area contributed by atoms with Gasteiger partial charge in [-0.25, -0.2) is 4.79 Å². The topological polar surface area (TPSA) is 52.6 Å². The standard InChI is InChI=1S/C17H15BrO4/c1-2-21-17(20)16(19)13-8-9-15(14(18)10-13)22-11-12-6-4-3-5-7-12/h3-10H,2,11H2,1H3. The van der Waals surface area contributed by atoms with Crippen molar-refractivity contribution < 1.29 is 19.1 Å². The second-order valence-electron chi connectivity index (χ2n) is 4.47. The van der Waals surface area contributed by atoms with Crippen molar-refractivity contribution in [3.8, 4) is 5.75 Å². The molecule has 0 atom stereocenters. The summed E-state index contributed by atoms with van der Waals surface area (Å²) in [5, 5.41) is 0.